The monoisotopic (exact) mass is 441 g/mol. The number of anilines is 2. The van der Waals surface area contributed by atoms with Gasteiger partial charge in [-0.2, -0.15) is 5.10 Å². The molecule has 5 rings (SSSR count). The quantitative estimate of drug-likeness (QED) is 0.485. The molecule has 0 spiro atoms. The van der Waals surface area contributed by atoms with E-state index >= 15 is 0 Å². The zero-order chi connectivity index (χ0) is 22.5. The van der Waals surface area contributed by atoms with E-state index in [1.54, 1.807) is 41.3 Å². The average molecular weight is 441 g/mol. The van der Waals surface area contributed by atoms with Gasteiger partial charge in [0.2, 0.25) is 0 Å². The van der Waals surface area contributed by atoms with Crippen LogP contribution in [0.5, 0.6) is 0 Å². The van der Waals surface area contributed by atoms with Crippen LogP contribution in [0.15, 0.2) is 73.3 Å². The Balaban J connectivity index is 1.18. The third kappa shape index (κ3) is 5.01. The van der Waals surface area contributed by atoms with Crippen LogP contribution in [0.4, 0.5) is 11.6 Å². The van der Waals surface area contributed by atoms with Gasteiger partial charge in [0.05, 0.1) is 0 Å². The molecule has 1 aromatic carbocycles. The van der Waals surface area contributed by atoms with E-state index in [1.165, 1.54) is 11.9 Å². The van der Waals surface area contributed by atoms with E-state index < -0.39 is 0 Å². The number of rotatable bonds is 6. The van der Waals surface area contributed by atoms with Crippen LogP contribution in [0.3, 0.4) is 0 Å². The van der Waals surface area contributed by atoms with Crippen LogP contribution in [0.2, 0.25) is 0 Å². The summed E-state index contributed by atoms with van der Waals surface area (Å²) in [6, 6.07) is 17.4. The SMILES string of the molecule is O=C(Nc1cc(N2CCN(Cc3ccccc3)CC2)ncn1)c1ccc(-n2cccn2)nn1. The van der Waals surface area contributed by atoms with Crippen molar-refractivity contribution in [2.24, 2.45) is 0 Å². The molecule has 0 aliphatic carbocycles. The molecule has 4 heterocycles. The lowest BCUT2D eigenvalue weighted by Crippen LogP contribution is -2.46. The number of nitrogens with one attached hydrogen (secondary N) is 1. The highest BCUT2D eigenvalue weighted by Gasteiger charge is 2.19. The summed E-state index contributed by atoms with van der Waals surface area (Å²) in [4.78, 5) is 25.8. The van der Waals surface area contributed by atoms with Gasteiger partial charge in [0.25, 0.3) is 5.91 Å². The minimum Gasteiger partial charge on any atom is -0.354 e. The van der Waals surface area contributed by atoms with Crippen molar-refractivity contribution in [3.8, 4) is 5.82 Å². The van der Waals surface area contributed by atoms with Crippen molar-refractivity contribution in [1.82, 2.24) is 34.8 Å². The molecule has 3 aromatic heterocycles. The second kappa shape index (κ2) is 9.53. The molecule has 4 aromatic rings. The summed E-state index contributed by atoms with van der Waals surface area (Å²) in [5.74, 6) is 1.37. The van der Waals surface area contributed by atoms with E-state index in [9.17, 15) is 4.79 Å². The van der Waals surface area contributed by atoms with Gasteiger partial charge in [-0.25, -0.2) is 14.6 Å². The van der Waals surface area contributed by atoms with Gasteiger partial charge in [-0.15, -0.1) is 10.2 Å². The van der Waals surface area contributed by atoms with Crippen LogP contribution in [0, 0.1) is 0 Å². The summed E-state index contributed by atoms with van der Waals surface area (Å²) >= 11 is 0. The molecule has 1 aliphatic rings. The van der Waals surface area contributed by atoms with Crippen molar-refractivity contribution in [3.63, 3.8) is 0 Å². The lowest BCUT2D eigenvalue weighted by Gasteiger charge is -2.35. The lowest BCUT2D eigenvalue weighted by molar-refractivity contribution is 0.102. The van der Waals surface area contributed by atoms with Crippen LogP contribution < -0.4 is 10.2 Å². The van der Waals surface area contributed by atoms with E-state index in [4.69, 9.17) is 0 Å². The molecule has 166 valence electrons. The first-order valence-electron chi connectivity index (χ1n) is 10.7. The molecule has 0 unspecified atom stereocenters. The Kier molecular flexibility index (Phi) is 5.98. The highest BCUT2D eigenvalue weighted by Crippen LogP contribution is 2.18. The van der Waals surface area contributed by atoms with Gasteiger partial charge in [0.1, 0.15) is 18.0 Å². The Morgan fingerprint density at radius 3 is 2.48 bits per heavy atom. The number of carbonyl (C=O) groups is 1. The zero-order valence-electron chi connectivity index (χ0n) is 17.9. The second-order valence-corrected chi connectivity index (χ2v) is 7.69. The first-order chi connectivity index (χ1) is 16.2. The van der Waals surface area contributed by atoms with Crippen LogP contribution in [0.1, 0.15) is 16.1 Å². The largest absolute Gasteiger partial charge is 0.354 e. The standard InChI is InChI=1S/C23H23N9O/c33-23(19-7-8-21(29-28-19)32-10-4-9-26-32)27-20-15-22(25-17-24-20)31-13-11-30(12-14-31)16-18-5-2-1-3-6-18/h1-10,15,17H,11-14,16H2,(H,24,25,27,33). The predicted octanol–water partition coefficient (Wildman–Crippen LogP) is 2.03. The van der Waals surface area contributed by atoms with Crippen LogP contribution in [-0.4, -0.2) is 66.9 Å². The van der Waals surface area contributed by atoms with Gasteiger partial charge in [0, 0.05) is 51.2 Å². The number of piperazine rings is 1. The topological polar surface area (TPSA) is 105 Å². The van der Waals surface area contributed by atoms with Gasteiger partial charge in [0.15, 0.2) is 11.5 Å². The first kappa shape index (κ1) is 20.7. The van der Waals surface area contributed by atoms with E-state index in [0.717, 1.165) is 38.5 Å². The number of hydrogen-bond donors (Lipinski definition) is 1. The Morgan fingerprint density at radius 2 is 1.76 bits per heavy atom. The highest BCUT2D eigenvalue weighted by atomic mass is 16.2. The fourth-order valence-corrected chi connectivity index (χ4v) is 3.72. The summed E-state index contributed by atoms with van der Waals surface area (Å²) in [5, 5.41) is 14.9. The van der Waals surface area contributed by atoms with Crippen LogP contribution in [0.25, 0.3) is 5.82 Å². The smallest absolute Gasteiger partial charge is 0.277 e. The maximum atomic E-state index is 12.6. The third-order valence-electron chi connectivity index (χ3n) is 5.46. The number of amides is 1. The number of carbonyl (C=O) groups excluding carboxylic acids is 1. The van der Waals surface area contributed by atoms with Crippen molar-refractivity contribution in [2.45, 2.75) is 6.54 Å². The normalized spacial score (nSPS) is 14.2. The summed E-state index contributed by atoms with van der Waals surface area (Å²) in [5.41, 5.74) is 1.51. The van der Waals surface area contributed by atoms with Gasteiger partial charge in [-0.3, -0.25) is 9.69 Å². The molecule has 1 N–H and O–H groups in total. The molecule has 10 heteroatoms. The summed E-state index contributed by atoms with van der Waals surface area (Å²) in [7, 11) is 0. The lowest BCUT2D eigenvalue weighted by atomic mass is 10.2. The van der Waals surface area contributed by atoms with Crippen molar-refractivity contribution >= 4 is 17.5 Å². The Hall–Kier alpha value is -4.18. The van der Waals surface area contributed by atoms with Gasteiger partial charge < -0.3 is 10.2 Å². The number of aromatic nitrogens is 6. The van der Waals surface area contributed by atoms with E-state index in [-0.39, 0.29) is 11.6 Å². The minimum atomic E-state index is -0.383. The van der Waals surface area contributed by atoms with Crippen molar-refractivity contribution in [3.05, 3.63) is 84.6 Å². The van der Waals surface area contributed by atoms with E-state index in [2.05, 4.69) is 64.6 Å². The predicted molar refractivity (Wildman–Crippen MR) is 123 cm³/mol. The molecule has 1 aliphatic heterocycles. The summed E-state index contributed by atoms with van der Waals surface area (Å²) < 4.78 is 1.57. The van der Waals surface area contributed by atoms with Crippen LogP contribution in [-0.2, 0) is 6.54 Å². The van der Waals surface area contributed by atoms with Gasteiger partial charge in [-0.1, -0.05) is 30.3 Å². The molecule has 1 amide bonds. The highest BCUT2D eigenvalue weighted by molar-refractivity contribution is 6.02. The molecule has 1 fully saturated rings. The molecule has 0 saturated carbocycles. The van der Waals surface area contributed by atoms with Crippen molar-refractivity contribution in [2.75, 3.05) is 36.4 Å². The Bertz CT molecular complexity index is 1190. The number of hydrogen-bond acceptors (Lipinski definition) is 8. The van der Waals surface area contributed by atoms with E-state index in [1.807, 2.05) is 6.07 Å². The maximum Gasteiger partial charge on any atom is 0.277 e. The Labute approximate surface area is 190 Å². The molecule has 1 saturated heterocycles. The molecular formula is C23H23N9O. The number of nitrogens with zero attached hydrogens (tertiary/aromatic N) is 8. The molecule has 0 atom stereocenters. The maximum absolute atomic E-state index is 12.6. The van der Waals surface area contributed by atoms with Crippen molar-refractivity contribution < 1.29 is 4.79 Å². The Morgan fingerprint density at radius 1 is 0.909 bits per heavy atom. The van der Waals surface area contributed by atoms with Crippen LogP contribution >= 0.6 is 0 Å². The second-order valence-electron chi connectivity index (χ2n) is 7.69. The molecule has 0 radical (unpaired) electrons. The fraction of sp³-hybridized carbons (Fsp3) is 0.217. The average Bonchev–Trinajstić information content (AvgIpc) is 3.41. The molecule has 10 nitrogen and oxygen atoms in total. The van der Waals surface area contributed by atoms with E-state index in [0.29, 0.717) is 11.6 Å². The van der Waals surface area contributed by atoms with Crippen molar-refractivity contribution in [1.29, 1.82) is 0 Å². The molecule has 33 heavy (non-hydrogen) atoms. The first-order valence-corrected chi connectivity index (χ1v) is 10.7. The zero-order valence-corrected chi connectivity index (χ0v) is 17.9. The summed E-state index contributed by atoms with van der Waals surface area (Å²) in [6.45, 7) is 4.55. The molecular weight excluding hydrogens is 418 g/mol. The molecule has 0 bridgehead atoms. The summed E-state index contributed by atoms with van der Waals surface area (Å²) in [6.07, 6.45) is 4.87. The third-order valence-corrected chi connectivity index (χ3v) is 5.46. The number of benzene rings is 1. The van der Waals surface area contributed by atoms with Gasteiger partial charge in [-0.05, 0) is 23.8 Å². The fourth-order valence-electron chi connectivity index (χ4n) is 3.72. The minimum absolute atomic E-state index is 0.195. The van der Waals surface area contributed by atoms with Gasteiger partial charge >= 0.3 is 0 Å².